The molecule has 1 unspecified atom stereocenters. The molecular formula is C32H33N3O3. The lowest BCUT2D eigenvalue weighted by Gasteiger charge is -2.48. The number of carbonyl (C=O) groups is 1. The summed E-state index contributed by atoms with van der Waals surface area (Å²) in [5.74, 6) is -0.335. The first kappa shape index (κ1) is 25.6. The molecule has 38 heavy (non-hydrogen) atoms. The maximum Gasteiger partial charge on any atom is 0.327 e. The van der Waals surface area contributed by atoms with Gasteiger partial charge >= 0.3 is 5.97 Å². The van der Waals surface area contributed by atoms with Gasteiger partial charge in [0.1, 0.15) is 6.54 Å². The van der Waals surface area contributed by atoms with Gasteiger partial charge in [0.05, 0.1) is 23.9 Å². The second-order valence-electron chi connectivity index (χ2n) is 9.47. The van der Waals surface area contributed by atoms with Crippen molar-refractivity contribution in [3.8, 4) is 0 Å². The molecular weight excluding hydrogens is 474 g/mol. The van der Waals surface area contributed by atoms with E-state index >= 15 is 0 Å². The van der Waals surface area contributed by atoms with E-state index in [-0.39, 0.29) is 12.5 Å². The van der Waals surface area contributed by atoms with E-state index in [2.05, 4.69) is 82.8 Å². The minimum atomic E-state index is -0.586. The van der Waals surface area contributed by atoms with Crippen LogP contribution in [0.25, 0.3) is 6.08 Å². The van der Waals surface area contributed by atoms with Crippen LogP contribution in [0.1, 0.15) is 35.7 Å². The number of aromatic nitrogens is 2. The molecule has 1 atom stereocenters. The molecule has 1 aliphatic heterocycles. The molecule has 0 amide bonds. The summed E-state index contributed by atoms with van der Waals surface area (Å²) in [4.78, 5) is 14.6. The molecule has 1 saturated heterocycles. The molecule has 1 aliphatic rings. The van der Waals surface area contributed by atoms with Gasteiger partial charge < -0.3 is 9.84 Å². The van der Waals surface area contributed by atoms with Crippen LogP contribution in [0.15, 0.2) is 109 Å². The number of hydrogen-bond acceptors (Lipinski definition) is 5. The van der Waals surface area contributed by atoms with Gasteiger partial charge in [-0.3, -0.25) is 14.4 Å². The van der Waals surface area contributed by atoms with Gasteiger partial charge in [0, 0.05) is 19.3 Å². The van der Waals surface area contributed by atoms with Crippen LogP contribution >= 0.6 is 0 Å². The van der Waals surface area contributed by atoms with Crippen molar-refractivity contribution in [2.45, 2.75) is 31.5 Å². The van der Waals surface area contributed by atoms with E-state index in [1.54, 1.807) is 17.8 Å². The fourth-order valence-corrected chi connectivity index (χ4v) is 5.50. The van der Waals surface area contributed by atoms with Crippen molar-refractivity contribution in [1.82, 2.24) is 14.7 Å². The zero-order valence-corrected chi connectivity index (χ0v) is 21.6. The molecule has 6 heteroatoms. The summed E-state index contributed by atoms with van der Waals surface area (Å²) in [6.45, 7) is 3.39. The van der Waals surface area contributed by atoms with Crippen LogP contribution in [-0.4, -0.2) is 51.6 Å². The van der Waals surface area contributed by atoms with Gasteiger partial charge in [-0.1, -0.05) is 91.0 Å². The topological polar surface area (TPSA) is 67.6 Å². The van der Waals surface area contributed by atoms with Gasteiger partial charge in [0.2, 0.25) is 0 Å². The van der Waals surface area contributed by atoms with Crippen LogP contribution in [0.2, 0.25) is 0 Å². The minimum absolute atomic E-state index is 0.0295. The Morgan fingerprint density at radius 3 is 2.03 bits per heavy atom. The van der Waals surface area contributed by atoms with Crippen LogP contribution in [0.5, 0.6) is 0 Å². The van der Waals surface area contributed by atoms with Gasteiger partial charge in [0.25, 0.3) is 0 Å². The number of esters is 1. The second-order valence-corrected chi connectivity index (χ2v) is 9.47. The van der Waals surface area contributed by atoms with Crippen LogP contribution in [0, 0.1) is 0 Å². The number of aliphatic hydroxyl groups excluding tert-OH is 1. The van der Waals surface area contributed by atoms with Gasteiger partial charge in [-0.25, -0.2) is 0 Å². The Labute approximate surface area is 223 Å². The quantitative estimate of drug-likeness (QED) is 0.272. The maximum absolute atomic E-state index is 12.1. The molecule has 5 rings (SSSR count). The number of benzene rings is 3. The Balaban J connectivity index is 1.61. The lowest BCUT2D eigenvalue weighted by atomic mass is 9.74. The van der Waals surface area contributed by atoms with Crippen molar-refractivity contribution in [2.24, 2.45) is 0 Å². The average molecular weight is 508 g/mol. The molecule has 194 valence electrons. The number of ether oxygens (including phenoxy) is 1. The third-order valence-electron chi connectivity index (χ3n) is 7.19. The van der Waals surface area contributed by atoms with E-state index in [1.165, 1.54) is 16.7 Å². The van der Waals surface area contributed by atoms with E-state index in [1.807, 2.05) is 30.3 Å². The van der Waals surface area contributed by atoms with E-state index < -0.39 is 11.6 Å². The molecule has 1 fully saturated rings. The number of nitrogens with zero attached hydrogens (tertiary/aromatic N) is 3. The van der Waals surface area contributed by atoms with Gasteiger partial charge in [-0.2, -0.15) is 5.10 Å². The Bertz CT molecular complexity index is 1270. The summed E-state index contributed by atoms with van der Waals surface area (Å²) in [6, 6.07) is 33.6. The van der Waals surface area contributed by atoms with Crippen molar-refractivity contribution >= 4 is 12.0 Å². The fourth-order valence-electron chi connectivity index (χ4n) is 5.50. The standard InChI is InChI=1S/C32H33N3O3/c1-2-38-31(37)24-35-29(18-20-33-35)22-25-23-34(21-19-30(25)36)32(26-12-6-3-7-13-26,27-14-8-4-9-15-27)28-16-10-5-11-17-28/h3-18,20,22,30,36H,2,19,21,23-24H2,1H3/b25-22-. The third-order valence-corrected chi connectivity index (χ3v) is 7.19. The summed E-state index contributed by atoms with van der Waals surface area (Å²) >= 11 is 0. The van der Waals surface area contributed by atoms with E-state index in [9.17, 15) is 9.90 Å². The van der Waals surface area contributed by atoms with Crippen molar-refractivity contribution in [1.29, 1.82) is 0 Å². The van der Waals surface area contributed by atoms with Crippen LogP contribution in [0.4, 0.5) is 0 Å². The highest BCUT2D eigenvalue weighted by atomic mass is 16.5. The van der Waals surface area contributed by atoms with Crippen LogP contribution in [0.3, 0.4) is 0 Å². The first-order chi connectivity index (χ1) is 18.6. The molecule has 1 aromatic heterocycles. The Morgan fingerprint density at radius 1 is 0.947 bits per heavy atom. The smallest absolute Gasteiger partial charge is 0.327 e. The molecule has 0 saturated carbocycles. The van der Waals surface area contributed by atoms with Crippen LogP contribution < -0.4 is 0 Å². The number of rotatable bonds is 8. The minimum Gasteiger partial charge on any atom is -0.465 e. The zero-order chi connectivity index (χ0) is 26.4. The van der Waals surface area contributed by atoms with Gasteiger partial charge in [-0.05, 0) is 47.8 Å². The molecule has 4 aromatic rings. The van der Waals surface area contributed by atoms with Crippen molar-refractivity contribution in [2.75, 3.05) is 19.7 Å². The zero-order valence-electron chi connectivity index (χ0n) is 21.6. The summed E-state index contributed by atoms with van der Waals surface area (Å²) in [5, 5.41) is 15.4. The molecule has 0 bridgehead atoms. The second kappa shape index (κ2) is 11.6. The SMILES string of the molecule is CCOC(=O)Cn1nccc1/C=C1/CN(C(c2ccccc2)(c2ccccc2)c2ccccc2)CCC1O. The molecule has 2 heterocycles. The lowest BCUT2D eigenvalue weighted by Crippen LogP contribution is -2.52. The van der Waals surface area contributed by atoms with E-state index in [0.29, 0.717) is 26.1 Å². The van der Waals surface area contributed by atoms with Crippen molar-refractivity contribution in [3.05, 3.63) is 131 Å². The lowest BCUT2D eigenvalue weighted by molar-refractivity contribution is -0.144. The molecule has 3 aromatic carbocycles. The van der Waals surface area contributed by atoms with Crippen molar-refractivity contribution in [3.63, 3.8) is 0 Å². The number of hydrogen-bond donors (Lipinski definition) is 1. The first-order valence-electron chi connectivity index (χ1n) is 13.1. The number of aliphatic hydroxyl groups is 1. The van der Waals surface area contributed by atoms with E-state index in [0.717, 1.165) is 11.3 Å². The summed E-state index contributed by atoms with van der Waals surface area (Å²) < 4.78 is 6.73. The van der Waals surface area contributed by atoms with Gasteiger partial charge in [0.15, 0.2) is 0 Å². The Morgan fingerprint density at radius 2 is 1.50 bits per heavy atom. The average Bonchev–Trinajstić information content (AvgIpc) is 3.39. The third kappa shape index (κ3) is 5.05. The highest BCUT2D eigenvalue weighted by Crippen LogP contribution is 2.44. The van der Waals surface area contributed by atoms with Crippen molar-refractivity contribution < 1.29 is 14.6 Å². The number of carbonyl (C=O) groups excluding carboxylic acids is 1. The van der Waals surface area contributed by atoms with Gasteiger partial charge in [-0.15, -0.1) is 0 Å². The molecule has 0 aliphatic carbocycles. The summed E-state index contributed by atoms with van der Waals surface area (Å²) in [6.07, 6.45) is 3.64. The normalized spacial score (nSPS) is 17.4. The highest BCUT2D eigenvalue weighted by molar-refractivity contribution is 5.69. The highest BCUT2D eigenvalue weighted by Gasteiger charge is 2.44. The molecule has 6 nitrogen and oxygen atoms in total. The number of likely N-dealkylation sites (tertiary alicyclic amines) is 1. The van der Waals surface area contributed by atoms with E-state index in [4.69, 9.17) is 4.74 Å². The molecule has 1 N–H and O–H groups in total. The fraction of sp³-hybridized carbons (Fsp3) is 0.250. The predicted molar refractivity (Wildman–Crippen MR) is 148 cm³/mol. The molecule has 0 radical (unpaired) electrons. The monoisotopic (exact) mass is 507 g/mol. The predicted octanol–water partition coefficient (Wildman–Crippen LogP) is 4.89. The number of piperidine rings is 1. The Kier molecular flexibility index (Phi) is 7.82. The van der Waals surface area contributed by atoms with Crippen LogP contribution in [-0.2, 0) is 21.6 Å². The molecule has 0 spiro atoms. The summed E-state index contributed by atoms with van der Waals surface area (Å²) in [7, 11) is 0. The summed E-state index contributed by atoms with van der Waals surface area (Å²) in [5.41, 5.74) is 4.59. The maximum atomic E-state index is 12.1. The Hall–Kier alpha value is -4.00. The largest absolute Gasteiger partial charge is 0.465 e. The first-order valence-corrected chi connectivity index (χ1v) is 13.1.